The predicted octanol–water partition coefficient (Wildman–Crippen LogP) is 5.75. The van der Waals surface area contributed by atoms with Crippen molar-refractivity contribution in [2.75, 3.05) is 29.9 Å². The van der Waals surface area contributed by atoms with E-state index in [2.05, 4.69) is 71.8 Å². The minimum absolute atomic E-state index is 0.176. The predicted molar refractivity (Wildman–Crippen MR) is 135 cm³/mol. The molecule has 4 nitrogen and oxygen atoms in total. The topological polar surface area (TPSA) is 40.2 Å². The number of rotatable bonds is 5. The number of anilines is 2. The first kappa shape index (κ1) is 22.1. The second kappa shape index (κ2) is 9.99. The molecule has 1 aromatic carbocycles. The van der Waals surface area contributed by atoms with E-state index in [4.69, 9.17) is 17.2 Å². The summed E-state index contributed by atoms with van der Waals surface area (Å²) in [4.78, 5) is 7.12. The molecule has 2 heterocycles. The molecule has 1 saturated carbocycles. The molecule has 0 radical (unpaired) electrons. The third-order valence-corrected chi connectivity index (χ3v) is 7.23. The Kier molecular flexibility index (Phi) is 7.11. The lowest BCUT2D eigenvalue weighted by Crippen LogP contribution is -2.43. The lowest BCUT2D eigenvalue weighted by Gasteiger charge is -2.38. The first-order valence-electron chi connectivity index (χ1n) is 11.9. The standard InChI is InChI=1S/C26H36N4S/c1-20-15-21(2)18-30(17-20)24-12-11-23(16-27-24)29-25(31)28-19-26(13-7-4-8-14-26)22-9-5-3-6-10-22/h3,5-6,9-12,16,20-21H,4,7-8,13-15,17-19H2,1-2H3,(H2,28,29,31). The molecule has 1 aliphatic heterocycles. The normalized spacial score (nSPS) is 23.2. The fourth-order valence-corrected chi connectivity index (χ4v) is 5.70. The van der Waals surface area contributed by atoms with Gasteiger partial charge in [-0.15, -0.1) is 0 Å². The van der Waals surface area contributed by atoms with E-state index in [-0.39, 0.29) is 5.41 Å². The van der Waals surface area contributed by atoms with Gasteiger partial charge in [0.1, 0.15) is 5.82 Å². The van der Waals surface area contributed by atoms with E-state index < -0.39 is 0 Å². The van der Waals surface area contributed by atoms with Crippen molar-refractivity contribution in [2.45, 2.75) is 57.8 Å². The maximum Gasteiger partial charge on any atom is 0.170 e. The van der Waals surface area contributed by atoms with Crippen molar-refractivity contribution in [3.05, 3.63) is 54.2 Å². The van der Waals surface area contributed by atoms with Gasteiger partial charge in [0.15, 0.2) is 5.11 Å². The van der Waals surface area contributed by atoms with Crippen molar-refractivity contribution in [3.63, 3.8) is 0 Å². The van der Waals surface area contributed by atoms with Crippen molar-refractivity contribution >= 4 is 28.8 Å². The van der Waals surface area contributed by atoms with Gasteiger partial charge in [0, 0.05) is 25.0 Å². The van der Waals surface area contributed by atoms with E-state index in [0.717, 1.165) is 43.0 Å². The Hall–Kier alpha value is -2.14. The highest BCUT2D eigenvalue weighted by Crippen LogP contribution is 2.39. The summed E-state index contributed by atoms with van der Waals surface area (Å²) in [7, 11) is 0. The first-order chi connectivity index (χ1) is 15.0. The summed E-state index contributed by atoms with van der Waals surface area (Å²) in [5.41, 5.74) is 2.55. The molecule has 166 valence electrons. The van der Waals surface area contributed by atoms with Crippen LogP contribution >= 0.6 is 12.2 Å². The van der Waals surface area contributed by atoms with Gasteiger partial charge in [0.2, 0.25) is 0 Å². The van der Waals surface area contributed by atoms with Gasteiger partial charge in [-0.2, -0.15) is 0 Å². The van der Waals surface area contributed by atoms with Gasteiger partial charge in [0.25, 0.3) is 0 Å². The van der Waals surface area contributed by atoms with Crippen LogP contribution in [0, 0.1) is 11.8 Å². The number of piperidine rings is 1. The first-order valence-corrected chi connectivity index (χ1v) is 12.3. The third-order valence-electron chi connectivity index (χ3n) is 6.98. The van der Waals surface area contributed by atoms with E-state index in [1.54, 1.807) is 0 Å². The van der Waals surface area contributed by atoms with Gasteiger partial charge in [-0.1, -0.05) is 63.4 Å². The smallest absolute Gasteiger partial charge is 0.170 e. The number of thiocarbonyl (C=S) groups is 1. The van der Waals surface area contributed by atoms with Crippen molar-refractivity contribution < 1.29 is 0 Å². The van der Waals surface area contributed by atoms with Crippen LogP contribution in [0.1, 0.15) is 57.9 Å². The Bertz CT molecular complexity index is 835. The van der Waals surface area contributed by atoms with Crippen LogP contribution in [0.25, 0.3) is 0 Å². The van der Waals surface area contributed by atoms with E-state index in [0.29, 0.717) is 5.11 Å². The van der Waals surface area contributed by atoms with E-state index in [1.807, 2.05) is 6.20 Å². The molecule has 0 bridgehead atoms. The highest BCUT2D eigenvalue weighted by molar-refractivity contribution is 7.80. The van der Waals surface area contributed by atoms with Crippen molar-refractivity contribution in [1.82, 2.24) is 10.3 Å². The second-order valence-electron chi connectivity index (χ2n) is 9.77. The second-order valence-corrected chi connectivity index (χ2v) is 10.2. The average molecular weight is 437 g/mol. The Morgan fingerprint density at radius 1 is 1.03 bits per heavy atom. The van der Waals surface area contributed by atoms with Crippen molar-refractivity contribution in [3.8, 4) is 0 Å². The summed E-state index contributed by atoms with van der Waals surface area (Å²) in [5.74, 6) is 2.50. The molecule has 31 heavy (non-hydrogen) atoms. The van der Waals surface area contributed by atoms with Crippen LogP contribution in [0.3, 0.4) is 0 Å². The highest BCUT2D eigenvalue weighted by atomic mass is 32.1. The molecule has 0 amide bonds. The van der Waals surface area contributed by atoms with Crippen LogP contribution in [-0.4, -0.2) is 29.7 Å². The lowest BCUT2D eigenvalue weighted by atomic mass is 9.69. The Labute approximate surface area is 192 Å². The summed E-state index contributed by atoms with van der Waals surface area (Å²) in [6.07, 6.45) is 9.56. The molecule has 2 aromatic rings. The number of benzene rings is 1. The molecule has 2 fully saturated rings. The molecular formula is C26H36N4S. The Morgan fingerprint density at radius 2 is 1.74 bits per heavy atom. The molecule has 2 unspecified atom stereocenters. The Morgan fingerprint density at radius 3 is 2.39 bits per heavy atom. The monoisotopic (exact) mass is 436 g/mol. The maximum absolute atomic E-state index is 5.63. The average Bonchev–Trinajstić information content (AvgIpc) is 2.79. The number of nitrogens with zero attached hydrogens (tertiary/aromatic N) is 2. The van der Waals surface area contributed by atoms with Crippen LogP contribution in [0.5, 0.6) is 0 Å². The van der Waals surface area contributed by atoms with Gasteiger partial charge < -0.3 is 15.5 Å². The minimum Gasteiger partial charge on any atom is -0.362 e. The number of hydrogen-bond donors (Lipinski definition) is 2. The molecule has 2 N–H and O–H groups in total. The SMILES string of the molecule is CC1CC(C)CN(c2ccc(NC(=S)NCC3(c4ccccc4)CCCCC3)cn2)C1. The molecular weight excluding hydrogens is 400 g/mol. The molecule has 1 aromatic heterocycles. The fraction of sp³-hybridized carbons (Fsp3) is 0.538. The molecule has 1 saturated heterocycles. The van der Waals surface area contributed by atoms with Crippen molar-refractivity contribution in [2.24, 2.45) is 11.8 Å². The van der Waals surface area contributed by atoms with Gasteiger partial charge in [-0.25, -0.2) is 4.98 Å². The summed E-state index contributed by atoms with van der Waals surface area (Å²) in [6, 6.07) is 15.2. The summed E-state index contributed by atoms with van der Waals surface area (Å²) in [6.45, 7) is 7.71. The molecule has 5 heteroatoms. The third kappa shape index (κ3) is 5.57. The van der Waals surface area contributed by atoms with Crippen LogP contribution < -0.4 is 15.5 Å². The number of pyridine rings is 1. The number of nitrogens with one attached hydrogen (secondary N) is 2. The summed E-state index contributed by atoms with van der Waals surface area (Å²) >= 11 is 5.63. The van der Waals surface area contributed by atoms with E-state index in [1.165, 1.54) is 44.1 Å². The van der Waals surface area contributed by atoms with Crippen LogP contribution in [-0.2, 0) is 5.41 Å². The quantitative estimate of drug-likeness (QED) is 0.584. The van der Waals surface area contributed by atoms with Gasteiger partial charge in [-0.3, -0.25) is 0 Å². The number of hydrogen-bond acceptors (Lipinski definition) is 3. The Balaban J connectivity index is 1.35. The van der Waals surface area contributed by atoms with Gasteiger partial charge in [0.05, 0.1) is 11.9 Å². The molecule has 0 spiro atoms. The van der Waals surface area contributed by atoms with Crippen LogP contribution in [0.4, 0.5) is 11.5 Å². The van der Waals surface area contributed by atoms with Crippen molar-refractivity contribution in [1.29, 1.82) is 0 Å². The summed E-state index contributed by atoms with van der Waals surface area (Å²) in [5, 5.41) is 7.53. The zero-order chi connectivity index (χ0) is 21.7. The van der Waals surface area contributed by atoms with Gasteiger partial charge >= 0.3 is 0 Å². The zero-order valence-corrected chi connectivity index (χ0v) is 19.8. The molecule has 1 aliphatic carbocycles. The minimum atomic E-state index is 0.176. The van der Waals surface area contributed by atoms with E-state index in [9.17, 15) is 0 Å². The number of aromatic nitrogens is 1. The maximum atomic E-state index is 5.63. The zero-order valence-electron chi connectivity index (χ0n) is 18.9. The van der Waals surface area contributed by atoms with Crippen LogP contribution in [0.2, 0.25) is 0 Å². The molecule has 4 rings (SSSR count). The fourth-order valence-electron chi connectivity index (χ4n) is 5.51. The molecule has 2 aliphatic rings. The van der Waals surface area contributed by atoms with Gasteiger partial charge in [-0.05, 0) is 61.0 Å². The van der Waals surface area contributed by atoms with Crippen LogP contribution in [0.15, 0.2) is 48.7 Å². The van der Waals surface area contributed by atoms with E-state index >= 15 is 0 Å². The lowest BCUT2D eigenvalue weighted by molar-refractivity contribution is 0.292. The largest absolute Gasteiger partial charge is 0.362 e. The highest BCUT2D eigenvalue weighted by Gasteiger charge is 2.33. The summed E-state index contributed by atoms with van der Waals surface area (Å²) < 4.78 is 0. The molecule has 2 atom stereocenters.